The van der Waals surface area contributed by atoms with Gasteiger partial charge < -0.3 is 14.4 Å². The van der Waals surface area contributed by atoms with Crippen molar-refractivity contribution < 1.29 is 14.3 Å². The number of carboxylic acid groups (broad SMARTS) is 1. The van der Waals surface area contributed by atoms with Crippen molar-refractivity contribution in [3.8, 4) is 33.0 Å². The van der Waals surface area contributed by atoms with Crippen LogP contribution in [0.3, 0.4) is 0 Å². The van der Waals surface area contributed by atoms with Crippen LogP contribution in [-0.2, 0) is 11.2 Å². The lowest BCUT2D eigenvalue weighted by Gasteiger charge is -2.36. The molecule has 158 valence electrons. The summed E-state index contributed by atoms with van der Waals surface area (Å²) in [5, 5.41) is 10.1. The molecule has 1 aliphatic heterocycles. The van der Waals surface area contributed by atoms with Gasteiger partial charge in [-0.1, -0.05) is 66.0 Å². The van der Waals surface area contributed by atoms with E-state index in [1.807, 2.05) is 12.1 Å². The summed E-state index contributed by atoms with van der Waals surface area (Å²) < 4.78 is 5.41. The van der Waals surface area contributed by atoms with E-state index in [4.69, 9.17) is 9.40 Å². The quantitative estimate of drug-likeness (QED) is 0.457. The van der Waals surface area contributed by atoms with E-state index in [0.29, 0.717) is 13.1 Å². The van der Waals surface area contributed by atoms with E-state index in [2.05, 4.69) is 52.4 Å². The molecule has 0 spiro atoms. The highest BCUT2D eigenvalue weighted by molar-refractivity contribution is 7.19. The monoisotopic (exact) mass is 441 g/mol. The summed E-state index contributed by atoms with van der Waals surface area (Å²) in [5.41, 5.74) is 6.62. The Kier molecular flexibility index (Phi) is 4.43. The Labute approximate surface area is 188 Å². The summed E-state index contributed by atoms with van der Waals surface area (Å²) in [6.45, 7) is 0.998. The molecule has 1 fully saturated rings. The largest absolute Gasteiger partial charge is 0.481 e. The number of rotatable bonds is 5. The number of carboxylic acids is 1. The molecule has 0 unspecified atom stereocenters. The van der Waals surface area contributed by atoms with Gasteiger partial charge in [0.05, 0.1) is 22.7 Å². The lowest BCUT2D eigenvalue weighted by molar-refractivity contribution is -0.142. The molecule has 0 atom stereocenters. The van der Waals surface area contributed by atoms with Crippen LogP contribution in [0.15, 0.2) is 65.5 Å². The predicted molar refractivity (Wildman–Crippen MR) is 125 cm³/mol. The molecule has 4 aromatic rings. The lowest BCUT2D eigenvalue weighted by Crippen LogP contribution is -2.50. The Morgan fingerprint density at radius 1 is 1.12 bits per heavy atom. The van der Waals surface area contributed by atoms with E-state index in [-0.39, 0.29) is 5.92 Å². The van der Waals surface area contributed by atoms with Crippen LogP contribution in [0.25, 0.3) is 39.1 Å². The zero-order valence-electron chi connectivity index (χ0n) is 17.1. The van der Waals surface area contributed by atoms with E-state index in [0.717, 1.165) is 39.0 Å². The zero-order valence-corrected chi connectivity index (χ0v) is 17.9. The number of oxazole rings is 1. The molecule has 0 saturated carbocycles. The molecule has 6 rings (SSSR count). The molecule has 1 N–H and O–H groups in total. The smallest absolute Gasteiger partial charge is 0.310 e. The van der Waals surface area contributed by atoms with Crippen molar-refractivity contribution >= 4 is 28.5 Å². The molecule has 32 heavy (non-hydrogen) atoms. The van der Waals surface area contributed by atoms with Crippen LogP contribution in [0.1, 0.15) is 11.1 Å². The fourth-order valence-electron chi connectivity index (χ4n) is 4.25. The van der Waals surface area contributed by atoms with E-state index in [1.165, 1.54) is 23.1 Å². The van der Waals surface area contributed by atoms with Gasteiger partial charge in [-0.25, -0.2) is 9.97 Å². The fraction of sp³-hybridized carbons (Fsp3) is 0.160. The molecule has 3 heterocycles. The van der Waals surface area contributed by atoms with Crippen LogP contribution in [-0.4, -0.2) is 34.1 Å². The molecular weight excluding hydrogens is 422 g/mol. The zero-order chi connectivity index (χ0) is 21.7. The van der Waals surface area contributed by atoms with Crippen molar-refractivity contribution in [1.29, 1.82) is 0 Å². The standard InChI is InChI=1S/C25H19N3O3S/c29-24(30)18-12-28(13-18)25-27-22(17-9-7-16(8-10-17)21-11-26-14-31-21)23(32-25)20-6-2-4-15-3-1-5-19(15)20/h1-2,4-11,14,18H,3,12-13H2,(H,29,30). The van der Waals surface area contributed by atoms with Crippen LogP contribution in [0.5, 0.6) is 0 Å². The van der Waals surface area contributed by atoms with Gasteiger partial charge in [-0.3, -0.25) is 4.79 Å². The summed E-state index contributed by atoms with van der Waals surface area (Å²) in [4.78, 5) is 23.4. The molecule has 2 aromatic heterocycles. The number of benzene rings is 2. The van der Waals surface area contributed by atoms with Crippen molar-refractivity contribution in [3.63, 3.8) is 0 Å². The van der Waals surface area contributed by atoms with Gasteiger partial charge in [-0.05, 0) is 17.5 Å². The highest BCUT2D eigenvalue weighted by atomic mass is 32.1. The number of fused-ring (bicyclic) bond motifs is 1. The Bertz CT molecular complexity index is 1330. The minimum atomic E-state index is -0.743. The third-order valence-electron chi connectivity index (χ3n) is 6.06. The van der Waals surface area contributed by atoms with Gasteiger partial charge in [0, 0.05) is 29.8 Å². The second-order valence-electron chi connectivity index (χ2n) is 8.04. The van der Waals surface area contributed by atoms with Gasteiger partial charge in [0.15, 0.2) is 17.3 Å². The molecule has 1 aliphatic carbocycles. The fourth-order valence-corrected chi connectivity index (χ4v) is 5.40. The number of nitrogens with zero attached hydrogens (tertiary/aromatic N) is 3. The number of thiazole rings is 1. The van der Waals surface area contributed by atoms with Gasteiger partial charge >= 0.3 is 5.97 Å². The number of carbonyl (C=O) groups is 1. The summed E-state index contributed by atoms with van der Waals surface area (Å²) in [6, 6.07) is 14.5. The number of aliphatic carboxylic acids is 1. The normalized spacial score (nSPS) is 15.1. The molecular formula is C25H19N3O3S. The third kappa shape index (κ3) is 3.13. The minimum absolute atomic E-state index is 0.323. The van der Waals surface area contributed by atoms with Gasteiger partial charge in [0.25, 0.3) is 0 Å². The van der Waals surface area contributed by atoms with Crippen LogP contribution < -0.4 is 4.90 Å². The highest BCUT2D eigenvalue weighted by Crippen LogP contribution is 2.44. The van der Waals surface area contributed by atoms with Crippen molar-refractivity contribution in [2.24, 2.45) is 5.92 Å². The number of anilines is 1. The highest BCUT2D eigenvalue weighted by Gasteiger charge is 2.35. The van der Waals surface area contributed by atoms with Crippen LogP contribution >= 0.6 is 11.3 Å². The predicted octanol–water partition coefficient (Wildman–Crippen LogP) is 5.22. The maximum Gasteiger partial charge on any atom is 0.310 e. The Morgan fingerprint density at radius 2 is 1.94 bits per heavy atom. The van der Waals surface area contributed by atoms with Gasteiger partial charge in [0.2, 0.25) is 0 Å². The van der Waals surface area contributed by atoms with Gasteiger partial charge in [-0.2, -0.15) is 0 Å². The summed E-state index contributed by atoms with van der Waals surface area (Å²) in [5.74, 6) is -0.342. The summed E-state index contributed by atoms with van der Waals surface area (Å²) >= 11 is 1.63. The SMILES string of the molecule is O=C(O)C1CN(c2nc(-c3ccc(-c4cnco4)cc3)c(-c3cccc4c3C=CC4)s2)C1. The first-order chi connectivity index (χ1) is 15.7. The maximum absolute atomic E-state index is 11.3. The number of hydrogen-bond acceptors (Lipinski definition) is 6. The number of allylic oxidation sites excluding steroid dienone is 1. The van der Waals surface area contributed by atoms with Crippen molar-refractivity contribution in [1.82, 2.24) is 9.97 Å². The first kappa shape index (κ1) is 19.0. The first-order valence-corrected chi connectivity index (χ1v) is 11.3. The van der Waals surface area contributed by atoms with Gasteiger partial charge in [-0.15, -0.1) is 0 Å². The molecule has 6 nitrogen and oxygen atoms in total. The van der Waals surface area contributed by atoms with Crippen molar-refractivity contribution in [3.05, 3.63) is 72.3 Å². The minimum Gasteiger partial charge on any atom is -0.481 e. The topological polar surface area (TPSA) is 79.5 Å². The van der Waals surface area contributed by atoms with Gasteiger partial charge in [0.1, 0.15) is 0 Å². The van der Waals surface area contributed by atoms with Crippen LogP contribution in [0, 0.1) is 5.92 Å². The maximum atomic E-state index is 11.3. The third-order valence-corrected chi connectivity index (χ3v) is 7.21. The molecule has 2 aliphatic rings. The van der Waals surface area contributed by atoms with E-state index < -0.39 is 5.97 Å². The Morgan fingerprint density at radius 3 is 2.69 bits per heavy atom. The molecule has 0 bridgehead atoms. The average molecular weight is 442 g/mol. The number of aromatic nitrogens is 2. The summed E-state index contributed by atoms with van der Waals surface area (Å²) in [6.07, 6.45) is 8.45. The van der Waals surface area contributed by atoms with E-state index >= 15 is 0 Å². The Hall–Kier alpha value is -3.71. The summed E-state index contributed by atoms with van der Waals surface area (Å²) in [7, 11) is 0. The van der Waals surface area contributed by atoms with Crippen LogP contribution in [0.4, 0.5) is 5.13 Å². The molecule has 1 saturated heterocycles. The number of hydrogen-bond donors (Lipinski definition) is 1. The lowest BCUT2D eigenvalue weighted by atomic mass is 9.99. The second-order valence-corrected chi connectivity index (χ2v) is 9.02. The molecule has 7 heteroatoms. The molecule has 2 aromatic carbocycles. The van der Waals surface area contributed by atoms with E-state index in [1.54, 1.807) is 17.5 Å². The average Bonchev–Trinajstić information content (AvgIpc) is 3.52. The van der Waals surface area contributed by atoms with Crippen LogP contribution in [0.2, 0.25) is 0 Å². The molecule has 0 radical (unpaired) electrons. The first-order valence-electron chi connectivity index (χ1n) is 10.4. The molecule has 0 amide bonds. The van der Waals surface area contributed by atoms with E-state index in [9.17, 15) is 9.90 Å². The Balaban J connectivity index is 1.43. The second kappa shape index (κ2) is 7.46. The van der Waals surface area contributed by atoms with Crippen molar-refractivity contribution in [2.45, 2.75) is 6.42 Å². The van der Waals surface area contributed by atoms with Crippen molar-refractivity contribution in [2.75, 3.05) is 18.0 Å².